The molecule has 1 aromatic rings. The number of ether oxygens (including phenoxy) is 1. The van der Waals surface area contributed by atoms with Crippen LogP contribution in [0.3, 0.4) is 0 Å². The quantitative estimate of drug-likeness (QED) is 0.192. The Kier molecular flexibility index (Phi) is 9.68. The third-order valence-corrected chi connectivity index (χ3v) is 14.1. The minimum Gasteiger partial charge on any atom is -0.376 e. The molecule has 4 aliphatic carbocycles. The zero-order chi connectivity index (χ0) is 29.4. The highest BCUT2D eigenvalue weighted by Gasteiger charge is 2.60. The van der Waals surface area contributed by atoms with Gasteiger partial charge in [0.25, 0.3) is 10.1 Å². The Balaban J connectivity index is 1.12. The zero-order valence-electron chi connectivity index (χ0n) is 26.9. The number of fused-ring (bicyclic) bond motifs is 5. The van der Waals surface area contributed by atoms with Gasteiger partial charge in [-0.2, -0.15) is 8.42 Å². The van der Waals surface area contributed by atoms with E-state index in [9.17, 15) is 8.42 Å². The van der Waals surface area contributed by atoms with Crippen molar-refractivity contribution in [3.8, 4) is 0 Å². The molecule has 4 fully saturated rings. The molecule has 5 rings (SSSR count). The molecular weight excluding hydrogens is 528 g/mol. The molecule has 9 atom stereocenters. The first kappa shape index (κ1) is 31.5. The number of benzene rings is 1. The lowest BCUT2D eigenvalue weighted by molar-refractivity contribution is -0.137. The summed E-state index contributed by atoms with van der Waals surface area (Å²) >= 11 is 0. The van der Waals surface area contributed by atoms with E-state index in [1.54, 1.807) is 24.3 Å². The topological polar surface area (TPSA) is 52.6 Å². The molecule has 41 heavy (non-hydrogen) atoms. The van der Waals surface area contributed by atoms with E-state index in [2.05, 4.69) is 34.6 Å². The molecule has 0 radical (unpaired) electrons. The van der Waals surface area contributed by atoms with E-state index in [0.717, 1.165) is 59.8 Å². The van der Waals surface area contributed by atoms with Crippen LogP contribution in [0.4, 0.5) is 0 Å². The van der Waals surface area contributed by atoms with Crippen molar-refractivity contribution in [3.63, 3.8) is 0 Å². The summed E-state index contributed by atoms with van der Waals surface area (Å²) in [5.41, 5.74) is 2.03. The summed E-state index contributed by atoms with van der Waals surface area (Å²) in [6.07, 6.45) is 16.5. The standard InChI is InChI=1S/C36H58O4S/c1-25(2)8-7-9-27(4)32-16-17-33-31-15-12-28-24-29(18-20-35(28,5)34(31)19-21-36(32,33)6)39-22-23-40-41(37,38)30-13-10-26(3)11-14-30/h10-11,13-14,25,27-29,31-34H,7-9,12,15-24H2,1-6H3/t27-,28+,29+,31+,32-,33+,34+,35+,36-/m1/s1. The molecule has 1 aromatic carbocycles. The van der Waals surface area contributed by atoms with Gasteiger partial charge in [0.05, 0.1) is 24.2 Å². The third-order valence-electron chi connectivity index (χ3n) is 12.8. The smallest absolute Gasteiger partial charge is 0.297 e. The summed E-state index contributed by atoms with van der Waals surface area (Å²) < 4.78 is 36.6. The summed E-state index contributed by atoms with van der Waals surface area (Å²) in [4.78, 5) is 0.214. The molecule has 232 valence electrons. The first-order valence-electron chi connectivity index (χ1n) is 17.0. The summed E-state index contributed by atoms with van der Waals surface area (Å²) in [6.45, 7) is 15.0. The molecular formula is C36H58O4S. The second kappa shape index (κ2) is 12.6. The van der Waals surface area contributed by atoms with E-state index in [-0.39, 0.29) is 17.6 Å². The fraction of sp³-hybridized carbons (Fsp3) is 0.833. The highest BCUT2D eigenvalue weighted by atomic mass is 32.2. The van der Waals surface area contributed by atoms with Gasteiger partial charge in [0.1, 0.15) is 0 Å². The van der Waals surface area contributed by atoms with Crippen molar-refractivity contribution >= 4 is 10.1 Å². The number of rotatable bonds is 11. The maximum Gasteiger partial charge on any atom is 0.297 e. The Bertz CT molecular complexity index is 1110. The molecule has 4 saturated carbocycles. The predicted molar refractivity (Wildman–Crippen MR) is 167 cm³/mol. The summed E-state index contributed by atoms with van der Waals surface area (Å²) in [5.74, 6) is 6.07. The predicted octanol–water partition coefficient (Wildman–Crippen LogP) is 9.21. The minimum absolute atomic E-state index is 0.0800. The van der Waals surface area contributed by atoms with Gasteiger partial charge >= 0.3 is 0 Å². The molecule has 0 spiro atoms. The highest BCUT2D eigenvalue weighted by molar-refractivity contribution is 7.86. The van der Waals surface area contributed by atoms with E-state index in [1.165, 1.54) is 64.2 Å². The molecule has 0 amide bonds. The van der Waals surface area contributed by atoms with Crippen LogP contribution in [0.25, 0.3) is 0 Å². The van der Waals surface area contributed by atoms with Gasteiger partial charge in [0.2, 0.25) is 0 Å². The van der Waals surface area contributed by atoms with Crippen LogP contribution in [0.2, 0.25) is 0 Å². The largest absolute Gasteiger partial charge is 0.376 e. The number of hydrogen-bond acceptors (Lipinski definition) is 4. The SMILES string of the molecule is Cc1ccc(S(=O)(=O)OCCO[C@H]2CC[C@@]3(C)[C@@H](CC[C@@H]4[C@@H]3CC[C@]3(C)[C@@H]([C@H](C)CCCC(C)C)CC[C@@H]43)C2)cc1. The summed E-state index contributed by atoms with van der Waals surface area (Å²) in [5, 5.41) is 0. The van der Waals surface area contributed by atoms with Crippen LogP contribution in [0.5, 0.6) is 0 Å². The van der Waals surface area contributed by atoms with Crippen LogP contribution in [-0.4, -0.2) is 27.7 Å². The minimum atomic E-state index is -3.73. The molecule has 4 aliphatic rings. The van der Waals surface area contributed by atoms with Crippen LogP contribution in [-0.2, 0) is 19.0 Å². The Labute approximate surface area is 251 Å². The Morgan fingerprint density at radius 3 is 2.29 bits per heavy atom. The lowest BCUT2D eigenvalue weighted by Crippen LogP contribution is -2.54. The second-order valence-electron chi connectivity index (χ2n) is 15.5. The van der Waals surface area contributed by atoms with Crippen molar-refractivity contribution in [2.75, 3.05) is 13.2 Å². The Morgan fingerprint density at radius 2 is 1.56 bits per heavy atom. The van der Waals surface area contributed by atoms with Crippen LogP contribution in [0.1, 0.15) is 117 Å². The maximum absolute atomic E-state index is 12.5. The third kappa shape index (κ3) is 6.48. The lowest BCUT2D eigenvalue weighted by atomic mass is 9.44. The van der Waals surface area contributed by atoms with Gasteiger partial charge in [0, 0.05) is 0 Å². The Hall–Kier alpha value is -0.910. The zero-order valence-corrected chi connectivity index (χ0v) is 27.7. The van der Waals surface area contributed by atoms with E-state index in [1.807, 2.05) is 6.92 Å². The second-order valence-corrected chi connectivity index (χ2v) is 17.2. The molecule has 4 nitrogen and oxygen atoms in total. The van der Waals surface area contributed by atoms with E-state index in [0.29, 0.717) is 17.4 Å². The highest BCUT2D eigenvalue weighted by Crippen LogP contribution is 2.68. The maximum atomic E-state index is 12.5. The molecule has 0 bridgehead atoms. The number of aryl methyl sites for hydroxylation is 1. The molecule has 5 heteroatoms. The Morgan fingerprint density at radius 1 is 0.854 bits per heavy atom. The molecule has 0 saturated heterocycles. The van der Waals surface area contributed by atoms with Gasteiger partial charge in [-0.25, -0.2) is 0 Å². The van der Waals surface area contributed by atoms with Gasteiger partial charge in [-0.1, -0.05) is 71.6 Å². The van der Waals surface area contributed by atoms with Gasteiger partial charge in [0.15, 0.2) is 0 Å². The van der Waals surface area contributed by atoms with Gasteiger partial charge in [-0.3, -0.25) is 4.18 Å². The van der Waals surface area contributed by atoms with Crippen molar-refractivity contribution < 1.29 is 17.3 Å². The first-order chi connectivity index (χ1) is 19.4. The molecule has 0 unspecified atom stereocenters. The van der Waals surface area contributed by atoms with Gasteiger partial charge < -0.3 is 4.74 Å². The van der Waals surface area contributed by atoms with Crippen molar-refractivity contribution in [1.29, 1.82) is 0 Å². The van der Waals surface area contributed by atoms with Gasteiger partial charge in [-0.15, -0.1) is 0 Å². The fourth-order valence-electron chi connectivity index (χ4n) is 10.5. The van der Waals surface area contributed by atoms with Gasteiger partial charge in [-0.05, 0) is 129 Å². The van der Waals surface area contributed by atoms with Crippen LogP contribution < -0.4 is 0 Å². The average Bonchev–Trinajstić information content (AvgIpc) is 3.28. The summed E-state index contributed by atoms with van der Waals surface area (Å²) in [7, 11) is -3.73. The fourth-order valence-corrected chi connectivity index (χ4v) is 11.4. The molecule has 0 aromatic heterocycles. The van der Waals surface area contributed by atoms with E-state index < -0.39 is 10.1 Å². The first-order valence-corrected chi connectivity index (χ1v) is 18.4. The van der Waals surface area contributed by atoms with Crippen molar-refractivity contribution in [2.24, 2.45) is 52.3 Å². The lowest BCUT2D eigenvalue weighted by Gasteiger charge is -2.61. The molecule has 0 aliphatic heterocycles. The summed E-state index contributed by atoms with van der Waals surface area (Å²) in [6, 6.07) is 6.82. The molecule has 0 heterocycles. The van der Waals surface area contributed by atoms with E-state index in [4.69, 9.17) is 8.92 Å². The number of hydrogen-bond donors (Lipinski definition) is 0. The van der Waals surface area contributed by atoms with Crippen molar-refractivity contribution in [2.45, 2.75) is 130 Å². The van der Waals surface area contributed by atoms with Crippen molar-refractivity contribution in [1.82, 2.24) is 0 Å². The van der Waals surface area contributed by atoms with Crippen LogP contribution in [0.15, 0.2) is 29.2 Å². The monoisotopic (exact) mass is 586 g/mol. The van der Waals surface area contributed by atoms with E-state index >= 15 is 0 Å². The molecule has 0 N–H and O–H groups in total. The van der Waals surface area contributed by atoms with Crippen molar-refractivity contribution in [3.05, 3.63) is 29.8 Å². The van der Waals surface area contributed by atoms with Crippen LogP contribution >= 0.6 is 0 Å². The normalized spacial score (nSPS) is 37.8. The average molecular weight is 587 g/mol. The van der Waals surface area contributed by atoms with Crippen LogP contribution in [0, 0.1) is 59.2 Å².